The van der Waals surface area contributed by atoms with Gasteiger partial charge in [-0.15, -0.1) is 0 Å². The molecule has 2 heteroatoms. The number of aliphatic hydroxyl groups is 1. The lowest BCUT2D eigenvalue weighted by atomic mass is 9.86. The molecule has 2 nitrogen and oxygen atoms in total. The maximum absolute atomic E-state index is 10.1. The summed E-state index contributed by atoms with van der Waals surface area (Å²) in [6, 6.07) is 10.5. The number of hydrogen-bond acceptors (Lipinski definition) is 2. The fourth-order valence-electron chi connectivity index (χ4n) is 2.17. The Labute approximate surface area is 115 Å². The summed E-state index contributed by atoms with van der Waals surface area (Å²) < 4.78 is 0. The predicted octanol–water partition coefficient (Wildman–Crippen LogP) is 3.88. The molecule has 0 radical (unpaired) electrons. The van der Waals surface area contributed by atoms with E-state index in [4.69, 9.17) is 0 Å². The molecular weight excluding hydrogens is 234 g/mol. The molecule has 0 aliphatic rings. The number of aryl methyl sites for hydroxylation is 2. The quantitative estimate of drug-likeness (QED) is 0.905. The van der Waals surface area contributed by atoms with Crippen molar-refractivity contribution in [2.75, 3.05) is 0 Å². The first-order chi connectivity index (χ1) is 8.86. The molecule has 0 saturated heterocycles. The fourth-order valence-corrected chi connectivity index (χ4v) is 2.17. The van der Waals surface area contributed by atoms with E-state index in [9.17, 15) is 5.11 Å². The zero-order chi connectivity index (χ0) is 14.0. The van der Waals surface area contributed by atoms with Crippen LogP contribution < -0.4 is 0 Å². The standard InChI is InChI=1S/C17H23NO/c1-12-5-8-14-11-13(6-9-15(14)18-12)7-10-16(19)17(2,3)4/h5-6,8-9,11,16,19H,7,10H2,1-4H3. The van der Waals surface area contributed by atoms with Crippen molar-refractivity contribution < 1.29 is 5.11 Å². The lowest BCUT2D eigenvalue weighted by molar-refractivity contribution is 0.0560. The van der Waals surface area contributed by atoms with E-state index in [1.165, 1.54) is 10.9 Å². The number of pyridine rings is 1. The minimum absolute atomic E-state index is 0.0461. The summed E-state index contributed by atoms with van der Waals surface area (Å²) in [6.07, 6.45) is 1.44. The van der Waals surface area contributed by atoms with Gasteiger partial charge in [-0.05, 0) is 48.9 Å². The van der Waals surface area contributed by atoms with E-state index >= 15 is 0 Å². The van der Waals surface area contributed by atoms with Crippen LogP contribution in [0.3, 0.4) is 0 Å². The van der Waals surface area contributed by atoms with Crippen molar-refractivity contribution >= 4 is 10.9 Å². The number of aromatic nitrogens is 1. The lowest BCUT2D eigenvalue weighted by Gasteiger charge is -2.25. The van der Waals surface area contributed by atoms with E-state index < -0.39 is 0 Å². The van der Waals surface area contributed by atoms with Crippen molar-refractivity contribution in [2.45, 2.75) is 46.6 Å². The maximum Gasteiger partial charge on any atom is 0.0705 e. The first-order valence-corrected chi connectivity index (χ1v) is 6.90. The van der Waals surface area contributed by atoms with Crippen LogP contribution in [0, 0.1) is 12.3 Å². The molecule has 1 aromatic heterocycles. The van der Waals surface area contributed by atoms with E-state index in [2.05, 4.69) is 50.0 Å². The average Bonchev–Trinajstić information content (AvgIpc) is 2.34. The first kappa shape index (κ1) is 14.0. The van der Waals surface area contributed by atoms with Crippen LogP contribution in [-0.4, -0.2) is 16.2 Å². The molecule has 1 N–H and O–H groups in total. The summed E-state index contributed by atoms with van der Waals surface area (Å²) in [6.45, 7) is 8.23. The molecule has 1 unspecified atom stereocenters. The van der Waals surface area contributed by atoms with Gasteiger partial charge < -0.3 is 5.11 Å². The van der Waals surface area contributed by atoms with Crippen LogP contribution in [0.1, 0.15) is 38.4 Å². The number of benzene rings is 1. The molecule has 0 amide bonds. The first-order valence-electron chi connectivity index (χ1n) is 6.90. The highest BCUT2D eigenvalue weighted by atomic mass is 16.3. The van der Waals surface area contributed by atoms with Crippen LogP contribution in [0.25, 0.3) is 10.9 Å². The molecule has 102 valence electrons. The second-order valence-electron chi connectivity index (χ2n) is 6.40. The van der Waals surface area contributed by atoms with Gasteiger partial charge in [-0.3, -0.25) is 4.98 Å². The van der Waals surface area contributed by atoms with Crippen LogP contribution in [-0.2, 0) is 6.42 Å². The van der Waals surface area contributed by atoms with E-state index in [0.29, 0.717) is 0 Å². The molecule has 19 heavy (non-hydrogen) atoms. The van der Waals surface area contributed by atoms with Gasteiger partial charge in [-0.2, -0.15) is 0 Å². The van der Waals surface area contributed by atoms with E-state index in [0.717, 1.165) is 24.1 Å². The fraction of sp³-hybridized carbons (Fsp3) is 0.471. The monoisotopic (exact) mass is 257 g/mol. The van der Waals surface area contributed by atoms with Gasteiger partial charge >= 0.3 is 0 Å². The Morgan fingerprint density at radius 2 is 1.89 bits per heavy atom. The smallest absolute Gasteiger partial charge is 0.0705 e. The summed E-state index contributed by atoms with van der Waals surface area (Å²) in [5.74, 6) is 0. The highest BCUT2D eigenvalue weighted by Crippen LogP contribution is 2.23. The summed E-state index contributed by atoms with van der Waals surface area (Å²) in [5, 5.41) is 11.3. The molecule has 1 heterocycles. The Bertz CT molecular complexity index is 569. The van der Waals surface area contributed by atoms with E-state index in [-0.39, 0.29) is 11.5 Å². The Hall–Kier alpha value is -1.41. The maximum atomic E-state index is 10.1. The Balaban J connectivity index is 2.12. The molecule has 0 bridgehead atoms. The van der Waals surface area contributed by atoms with E-state index in [1.54, 1.807) is 0 Å². The second kappa shape index (κ2) is 5.30. The third-order valence-electron chi connectivity index (χ3n) is 3.60. The Morgan fingerprint density at radius 1 is 1.16 bits per heavy atom. The zero-order valence-electron chi connectivity index (χ0n) is 12.3. The molecule has 0 spiro atoms. The van der Waals surface area contributed by atoms with Gasteiger partial charge in [0.05, 0.1) is 11.6 Å². The van der Waals surface area contributed by atoms with Crippen LogP contribution in [0.4, 0.5) is 0 Å². The van der Waals surface area contributed by atoms with Crippen LogP contribution in [0.5, 0.6) is 0 Å². The van der Waals surface area contributed by atoms with Crippen molar-refractivity contribution in [3.63, 3.8) is 0 Å². The molecule has 2 rings (SSSR count). The Morgan fingerprint density at radius 3 is 2.58 bits per heavy atom. The highest BCUT2D eigenvalue weighted by molar-refractivity contribution is 5.79. The van der Waals surface area contributed by atoms with Gasteiger partial charge in [0, 0.05) is 11.1 Å². The number of rotatable bonds is 3. The molecule has 0 aliphatic carbocycles. The predicted molar refractivity (Wildman–Crippen MR) is 80.3 cm³/mol. The average molecular weight is 257 g/mol. The third-order valence-corrected chi connectivity index (χ3v) is 3.60. The van der Waals surface area contributed by atoms with Gasteiger partial charge in [-0.25, -0.2) is 0 Å². The number of nitrogens with zero attached hydrogens (tertiary/aromatic N) is 1. The lowest BCUT2D eigenvalue weighted by Crippen LogP contribution is -2.26. The topological polar surface area (TPSA) is 33.1 Å². The molecule has 0 aliphatic heterocycles. The normalized spacial score (nSPS) is 13.7. The third kappa shape index (κ3) is 3.54. The molecule has 1 aromatic carbocycles. The van der Waals surface area contributed by atoms with Crippen molar-refractivity contribution in [3.8, 4) is 0 Å². The summed E-state index contributed by atoms with van der Waals surface area (Å²) in [7, 11) is 0. The van der Waals surface area contributed by atoms with Gasteiger partial charge in [0.25, 0.3) is 0 Å². The Kier molecular flexibility index (Phi) is 3.91. The highest BCUT2D eigenvalue weighted by Gasteiger charge is 2.21. The van der Waals surface area contributed by atoms with Crippen LogP contribution >= 0.6 is 0 Å². The molecule has 0 saturated carbocycles. The van der Waals surface area contributed by atoms with Gasteiger partial charge in [-0.1, -0.05) is 32.9 Å². The molecular formula is C17H23NO. The molecule has 0 fully saturated rings. The van der Waals surface area contributed by atoms with Crippen molar-refractivity contribution in [2.24, 2.45) is 5.41 Å². The van der Waals surface area contributed by atoms with Gasteiger partial charge in [0.1, 0.15) is 0 Å². The van der Waals surface area contributed by atoms with Crippen molar-refractivity contribution in [3.05, 3.63) is 41.6 Å². The largest absolute Gasteiger partial charge is 0.393 e. The van der Waals surface area contributed by atoms with E-state index in [1.807, 2.05) is 13.0 Å². The summed E-state index contributed by atoms with van der Waals surface area (Å²) >= 11 is 0. The van der Waals surface area contributed by atoms with Crippen LogP contribution in [0.15, 0.2) is 30.3 Å². The summed E-state index contributed by atoms with van der Waals surface area (Å²) in [5.41, 5.74) is 3.31. The van der Waals surface area contributed by atoms with Crippen LogP contribution in [0.2, 0.25) is 0 Å². The number of aliphatic hydroxyl groups excluding tert-OH is 1. The summed E-state index contributed by atoms with van der Waals surface area (Å²) in [4.78, 5) is 4.50. The molecule has 1 atom stereocenters. The van der Waals surface area contributed by atoms with Gasteiger partial charge in [0.15, 0.2) is 0 Å². The van der Waals surface area contributed by atoms with Crippen molar-refractivity contribution in [1.29, 1.82) is 0 Å². The zero-order valence-corrected chi connectivity index (χ0v) is 12.3. The SMILES string of the molecule is Cc1ccc2cc(CCC(O)C(C)(C)C)ccc2n1. The minimum atomic E-state index is -0.265. The number of hydrogen-bond donors (Lipinski definition) is 1. The van der Waals surface area contributed by atoms with Gasteiger partial charge in [0.2, 0.25) is 0 Å². The minimum Gasteiger partial charge on any atom is -0.393 e. The second-order valence-corrected chi connectivity index (χ2v) is 6.40. The number of fused-ring (bicyclic) bond motifs is 1. The molecule has 2 aromatic rings. The van der Waals surface area contributed by atoms with Crippen molar-refractivity contribution in [1.82, 2.24) is 4.98 Å².